The van der Waals surface area contributed by atoms with Gasteiger partial charge in [-0.05, 0) is 194 Å². The van der Waals surface area contributed by atoms with E-state index in [1.165, 1.54) is 56.9 Å². The molecule has 0 saturated heterocycles. The Balaban J connectivity index is 0.742. The first-order chi connectivity index (χ1) is 36.8. The zero-order chi connectivity index (χ0) is 55.4. The lowest BCUT2D eigenvalue weighted by Gasteiger charge is -2.57. The minimum Gasteiger partial charge on any atom is -0.462 e. The molecule has 12 atom stereocenters. The van der Waals surface area contributed by atoms with Gasteiger partial charge >= 0.3 is 11.9 Å². The summed E-state index contributed by atoms with van der Waals surface area (Å²) in [5.74, 6) is 2.86. The Morgan fingerprint density at radius 3 is 2.13 bits per heavy atom. The zero-order valence-corrected chi connectivity index (χ0v) is 49.6. The molecule has 0 heterocycles. The Hall–Kier alpha value is -2.95. The Bertz CT molecular complexity index is 2110. The minimum atomic E-state index is -1.71. The molecule has 0 spiro atoms. The Kier molecular flexibility index (Phi) is 22.6. The van der Waals surface area contributed by atoms with E-state index in [9.17, 15) is 34.2 Å². The van der Waals surface area contributed by atoms with Crippen LogP contribution in [0.15, 0.2) is 34.9 Å². The number of allylic oxidation sites excluding steroid dienone is 4. The van der Waals surface area contributed by atoms with Gasteiger partial charge in [0.25, 0.3) is 0 Å². The molecule has 7 aliphatic carbocycles. The highest BCUT2D eigenvalue weighted by Gasteiger charge is 2.68. The van der Waals surface area contributed by atoms with Crippen LogP contribution in [-0.2, 0) is 33.4 Å². The molecule has 0 amide bonds. The smallest absolute Gasteiger partial charge is 0.306 e. The molecule has 0 aromatic rings. The van der Waals surface area contributed by atoms with Gasteiger partial charge in [-0.2, -0.15) is 0 Å². The van der Waals surface area contributed by atoms with Gasteiger partial charge in [0.15, 0.2) is 12.4 Å². The third-order valence-electron chi connectivity index (χ3n) is 22.0. The molecule has 12 unspecified atom stereocenters. The van der Waals surface area contributed by atoms with E-state index in [0.29, 0.717) is 43.4 Å². The van der Waals surface area contributed by atoms with Crippen molar-refractivity contribution in [3.05, 3.63) is 34.9 Å². The van der Waals surface area contributed by atoms with Crippen LogP contribution in [0.5, 0.6) is 0 Å². The van der Waals surface area contributed by atoms with Crippen molar-refractivity contribution < 1.29 is 43.7 Å². The molecule has 6 saturated carbocycles. The number of carbonyl (C=O) groups excluding carboxylic acids is 5. The fraction of sp³-hybridized carbons (Fsp3) is 0.836. The van der Waals surface area contributed by atoms with Crippen LogP contribution in [0.1, 0.15) is 248 Å². The third-order valence-corrected chi connectivity index (χ3v) is 22.0. The lowest BCUT2D eigenvalue weighted by atomic mass is 9.46. The molecule has 0 radical (unpaired) electrons. The molecule has 77 heavy (non-hydrogen) atoms. The first-order valence-corrected chi connectivity index (χ1v) is 31.9. The highest BCUT2D eigenvalue weighted by atomic mass is 16.5. The normalized spacial score (nSPS) is 34.4. The molecule has 0 bridgehead atoms. The molecule has 0 aromatic carbocycles. The number of carbonyl (C=O) groups is 5. The lowest BCUT2D eigenvalue weighted by molar-refractivity contribution is -0.173. The van der Waals surface area contributed by atoms with Crippen molar-refractivity contribution in [3.63, 3.8) is 0 Å². The molecule has 434 valence electrons. The van der Waals surface area contributed by atoms with Crippen molar-refractivity contribution >= 4 is 29.3 Å². The van der Waals surface area contributed by atoms with Crippen LogP contribution in [0.2, 0.25) is 0 Å². The van der Waals surface area contributed by atoms with Gasteiger partial charge in [-0.15, -0.1) is 0 Å². The van der Waals surface area contributed by atoms with Gasteiger partial charge in [0.05, 0.1) is 0 Å². The van der Waals surface area contributed by atoms with Crippen LogP contribution >= 0.6 is 0 Å². The fourth-order valence-corrected chi connectivity index (χ4v) is 17.3. The number of rotatable bonds is 29. The maximum Gasteiger partial charge on any atom is 0.306 e. The van der Waals surface area contributed by atoms with Gasteiger partial charge in [-0.1, -0.05) is 129 Å². The third kappa shape index (κ3) is 15.0. The number of esters is 2. The number of hydrogen-bond acceptors (Lipinski definition) is 10. The largest absolute Gasteiger partial charge is 0.462 e. The van der Waals surface area contributed by atoms with Gasteiger partial charge in [0.2, 0.25) is 5.78 Å². The second-order valence-corrected chi connectivity index (χ2v) is 27.5. The summed E-state index contributed by atoms with van der Waals surface area (Å²) in [4.78, 5) is 68.4. The molecule has 6 fully saturated rings. The maximum absolute atomic E-state index is 14.0. The molecule has 10 nitrogen and oxygen atoms in total. The zero-order valence-electron chi connectivity index (χ0n) is 49.6. The fourth-order valence-electron chi connectivity index (χ4n) is 17.3. The predicted molar refractivity (Wildman–Crippen MR) is 307 cm³/mol. The number of hydrogen-bond donors (Lipinski definition) is 2. The van der Waals surface area contributed by atoms with Crippen LogP contribution in [0.4, 0.5) is 0 Å². The number of ether oxygens (including phenoxy) is 2. The number of Topliss-reactive ketones (excluding diaryl/α,β-unsaturated/α-hetero) is 2. The van der Waals surface area contributed by atoms with Gasteiger partial charge in [-0.3, -0.25) is 24.0 Å². The number of ketones is 3. The average molecular weight is 1070 g/mol. The second-order valence-electron chi connectivity index (χ2n) is 27.5. The van der Waals surface area contributed by atoms with Crippen molar-refractivity contribution in [2.75, 3.05) is 32.8 Å². The summed E-state index contributed by atoms with van der Waals surface area (Å²) < 4.78 is 11.6. The van der Waals surface area contributed by atoms with Crippen molar-refractivity contribution in [1.82, 2.24) is 4.90 Å². The van der Waals surface area contributed by atoms with Crippen LogP contribution in [0.3, 0.4) is 0 Å². The van der Waals surface area contributed by atoms with Crippen molar-refractivity contribution in [1.29, 1.82) is 0 Å². The molecular formula is C67H107NO9. The monoisotopic (exact) mass is 1070 g/mol. The van der Waals surface area contributed by atoms with Crippen LogP contribution in [-0.4, -0.2) is 89.0 Å². The van der Waals surface area contributed by atoms with E-state index in [4.69, 9.17) is 9.47 Å². The summed E-state index contributed by atoms with van der Waals surface area (Å²) in [6, 6.07) is 0. The summed E-state index contributed by atoms with van der Waals surface area (Å²) in [7, 11) is 0. The minimum absolute atomic E-state index is 0.00936. The maximum atomic E-state index is 14.0. The van der Waals surface area contributed by atoms with E-state index in [1.807, 2.05) is 6.92 Å². The van der Waals surface area contributed by atoms with E-state index >= 15 is 0 Å². The average Bonchev–Trinajstić information content (AvgIpc) is 4.17. The summed E-state index contributed by atoms with van der Waals surface area (Å²) in [6.45, 7) is 19.0. The Morgan fingerprint density at radius 1 is 0.740 bits per heavy atom. The highest BCUT2D eigenvalue weighted by Crippen LogP contribution is 2.67. The number of unbranched alkanes of at least 4 members (excludes halogenated alkanes) is 8. The Morgan fingerprint density at radius 2 is 1.42 bits per heavy atom. The molecule has 0 aromatic heterocycles. The summed E-state index contributed by atoms with van der Waals surface area (Å²) in [6.07, 6.45) is 35.3. The summed E-state index contributed by atoms with van der Waals surface area (Å²) in [5, 5.41) is 21.5. The van der Waals surface area contributed by atoms with Crippen molar-refractivity contribution in [2.24, 2.45) is 63.6 Å². The molecular weight excluding hydrogens is 963 g/mol. The number of aliphatic hydroxyl groups is 2. The van der Waals surface area contributed by atoms with Gasteiger partial charge in [-0.25, -0.2) is 0 Å². The molecule has 2 N–H and O–H groups in total. The van der Waals surface area contributed by atoms with Crippen LogP contribution in [0, 0.1) is 63.6 Å². The van der Waals surface area contributed by atoms with Gasteiger partial charge < -0.3 is 24.6 Å². The van der Waals surface area contributed by atoms with Crippen molar-refractivity contribution in [3.8, 4) is 0 Å². The second kappa shape index (κ2) is 28.2. The molecule has 0 aliphatic heterocycles. The summed E-state index contributed by atoms with van der Waals surface area (Å²) in [5.41, 5.74) is 1.73. The van der Waals surface area contributed by atoms with E-state index in [-0.39, 0.29) is 72.7 Å². The van der Waals surface area contributed by atoms with E-state index in [0.717, 1.165) is 145 Å². The van der Waals surface area contributed by atoms with Crippen LogP contribution < -0.4 is 0 Å². The lowest BCUT2D eigenvalue weighted by Crippen LogP contribution is -2.61. The van der Waals surface area contributed by atoms with Crippen molar-refractivity contribution in [2.45, 2.75) is 259 Å². The molecule has 7 aliphatic rings. The molecule has 10 heteroatoms. The quantitative estimate of drug-likeness (QED) is 0.0548. The van der Waals surface area contributed by atoms with E-state index < -0.39 is 29.4 Å². The number of fused-ring (bicyclic) bond motifs is 6. The van der Waals surface area contributed by atoms with E-state index in [1.54, 1.807) is 11.6 Å². The Labute approximate surface area is 466 Å². The van der Waals surface area contributed by atoms with Gasteiger partial charge in [0, 0.05) is 50.0 Å². The topological polar surface area (TPSA) is 148 Å². The number of aliphatic hydroxyl groups excluding tert-OH is 1. The standard InChI is InChI=1S/C67H107NO9/c1-47(2)21-19-22-49(4)56-32-33-57-50(23-20-36-65(56,57)6)27-28-51-43-54(30-26-48(51)3)77-62(74)25-14-10-12-16-40-68(41-17-18-42-69)39-15-11-8-9-13-24-61(73)76-46-60(72)67(75)38-35-58-55-31-29-52-44-53(70)34-37-64(52,5)63(55)59(71)45-66(58,67)7/h27-28,44,47-49,54-58,63,69,75H,8-26,29-43,45-46H2,1-7H3/b50-27+,51-28-. The molecule has 7 rings (SSSR count). The van der Waals surface area contributed by atoms with Gasteiger partial charge in [0.1, 0.15) is 17.5 Å². The SMILES string of the molecule is CC(C)CCCC(C)C1CCC2/C(=C/C=C3/CC(OC(=O)CCCCCCN(CCCCO)CCCCCCCC(=O)OCC(=O)C4(O)CCC5C6CCC7=CC(=O)CCC7(C)C6C(=O)CC54C)CCC3C)CCCC21C. The highest BCUT2D eigenvalue weighted by molar-refractivity contribution is 5.95. The predicted octanol–water partition coefficient (Wildman–Crippen LogP) is 14.2. The van der Waals surface area contributed by atoms with E-state index in [2.05, 4.69) is 58.6 Å². The summed E-state index contributed by atoms with van der Waals surface area (Å²) >= 11 is 0. The first-order valence-electron chi connectivity index (χ1n) is 31.9. The van der Waals surface area contributed by atoms with Crippen LogP contribution in [0.25, 0.3) is 0 Å². The first kappa shape index (κ1) is 61.7. The number of nitrogens with zero attached hydrogens (tertiary/aromatic N) is 1.